The molecule has 0 radical (unpaired) electrons. The van der Waals surface area contributed by atoms with E-state index in [1.165, 1.54) is 6.07 Å². The number of carbonyl (C=O) groups excluding carboxylic acids is 2. The molecule has 5 nitrogen and oxygen atoms in total. The van der Waals surface area contributed by atoms with Gasteiger partial charge in [0.05, 0.1) is 16.7 Å². The van der Waals surface area contributed by atoms with Crippen LogP contribution in [0, 0.1) is 19.3 Å². The van der Waals surface area contributed by atoms with Crippen LogP contribution >= 0.6 is 0 Å². The third-order valence-electron chi connectivity index (χ3n) is 3.52. The predicted octanol–water partition coefficient (Wildman–Crippen LogP) is 2.29. The highest BCUT2D eigenvalue weighted by molar-refractivity contribution is 6.24. The minimum atomic E-state index is -1.14. The van der Waals surface area contributed by atoms with Crippen molar-refractivity contribution in [2.45, 2.75) is 34.1 Å². The standard InChI is InChI=1S/C15H17NO4/c1-8-5-9(2)12(10(6-8)13(18)19)16-11(17)7-15(3,4)14(16)20/h5-6H,7H2,1-4H3,(H,18,19). The summed E-state index contributed by atoms with van der Waals surface area (Å²) in [5, 5.41) is 9.33. The van der Waals surface area contributed by atoms with Crippen molar-refractivity contribution in [2.24, 2.45) is 5.41 Å². The molecule has 1 aliphatic heterocycles. The average molecular weight is 275 g/mol. The smallest absolute Gasteiger partial charge is 0.337 e. The Kier molecular flexibility index (Phi) is 3.16. The molecular weight excluding hydrogens is 258 g/mol. The molecule has 0 atom stereocenters. The monoisotopic (exact) mass is 275 g/mol. The number of aryl methyl sites for hydroxylation is 2. The number of amides is 2. The number of carboxylic acids is 1. The average Bonchev–Trinajstić information content (AvgIpc) is 2.49. The molecule has 2 rings (SSSR count). The van der Waals surface area contributed by atoms with E-state index in [-0.39, 0.29) is 29.5 Å². The van der Waals surface area contributed by atoms with E-state index in [9.17, 15) is 19.5 Å². The molecule has 2 amide bonds. The zero-order valence-corrected chi connectivity index (χ0v) is 12.0. The number of hydrogen-bond donors (Lipinski definition) is 1. The van der Waals surface area contributed by atoms with Crippen molar-refractivity contribution in [3.05, 3.63) is 28.8 Å². The maximum Gasteiger partial charge on any atom is 0.337 e. The van der Waals surface area contributed by atoms with Crippen molar-refractivity contribution in [1.29, 1.82) is 0 Å². The van der Waals surface area contributed by atoms with Crippen molar-refractivity contribution in [1.82, 2.24) is 0 Å². The van der Waals surface area contributed by atoms with Crippen LogP contribution in [0.1, 0.15) is 41.8 Å². The summed E-state index contributed by atoms with van der Waals surface area (Å²) in [5.74, 6) is -1.84. The molecule has 1 fully saturated rings. The molecule has 20 heavy (non-hydrogen) atoms. The van der Waals surface area contributed by atoms with Crippen LogP contribution in [0.15, 0.2) is 12.1 Å². The molecule has 1 heterocycles. The van der Waals surface area contributed by atoms with Crippen LogP contribution in [0.3, 0.4) is 0 Å². The van der Waals surface area contributed by atoms with Gasteiger partial charge in [-0.25, -0.2) is 9.69 Å². The Bertz CT molecular complexity index is 631. The lowest BCUT2D eigenvalue weighted by Gasteiger charge is -2.22. The molecule has 1 aromatic carbocycles. The molecule has 0 spiro atoms. The number of nitrogens with zero attached hydrogens (tertiary/aromatic N) is 1. The second kappa shape index (κ2) is 4.44. The summed E-state index contributed by atoms with van der Waals surface area (Å²) < 4.78 is 0. The van der Waals surface area contributed by atoms with Gasteiger partial charge in [0, 0.05) is 6.42 Å². The summed E-state index contributed by atoms with van der Waals surface area (Å²) in [6.07, 6.45) is 0.0954. The minimum absolute atomic E-state index is 0.0121. The van der Waals surface area contributed by atoms with Crippen LogP contribution < -0.4 is 4.90 Å². The lowest BCUT2D eigenvalue weighted by atomic mass is 9.92. The Morgan fingerprint density at radius 3 is 2.30 bits per heavy atom. The second-order valence-corrected chi connectivity index (χ2v) is 5.88. The van der Waals surface area contributed by atoms with Gasteiger partial charge in [-0.15, -0.1) is 0 Å². The largest absolute Gasteiger partial charge is 0.478 e. The Balaban J connectivity index is 2.67. The Morgan fingerprint density at radius 2 is 1.85 bits per heavy atom. The molecular formula is C15H17NO4. The fourth-order valence-corrected chi connectivity index (χ4v) is 2.59. The van der Waals surface area contributed by atoms with E-state index >= 15 is 0 Å². The fourth-order valence-electron chi connectivity index (χ4n) is 2.59. The molecule has 0 bridgehead atoms. The van der Waals surface area contributed by atoms with Crippen LogP contribution in [0.2, 0.25) is 0 Å². The zero-order valence-electron chi connectivity index (χ0n) is 12.0. The highest BCUT2D eigenvalue weighted by atomic mass is 16.4. The van der Waals surface area contributed by atoms with Crippen LogP contribution in [0.4, 0.5) is 5.69 Å². The number of hydrogen-bond acceptors (Lipinski definition) is 3. The predicted molar refractivity (Wildman–Crippen MR) is 73.8 cm³/mol. The maximum atomic E-state index is 12.4. The summed E-state index contributed by atoms with van der Waals surface area (Å²) >= 11 is 0. The molecule has 0 saturated carbocycles. The Hall–Kier alpha value is -2.17. The molecule has 1 aromatic rings. The lowest BCUT2D eigenvalue weighted by molar-refractivity contribution is -0.124. The highest BCUT2D eigenvalue weighted by Crippen LogP contribution is 2.38. The first-order valence-electron chi connectivity index (χ1n) is 6.37. The summed E-state index contributed by atoms with van der Waals surface area (Å²) in [7, 11) is 0. The molecule has 5 heteroatoms. The van der Waals surface area contributed by atoms with Gasteiger partial charge in [0.2, 0.25) is 11.8 Å². The van der Waals surface area contributed by atoms with E-state index in [4.69, 9.17) is 0 Å². The van der Waals surface area contributed by atoms with Gasteiger partial charge in [-0.1, -0.05) is 19.9 Å². The van der Waals surface area contributed by atoms with E-state index < -0.39 is 11.4 Å². The number of carboxylic acid groups (broad SMARTS) is 1. The lowest BCUT2D eigenvalue weighted by Crippen LogP contribution is -2.34. The SMILES string of the molecule is Cc1cc(C)c(N2C(=O)CC(C)(C)C2=O)c(C(=O)O)c1. The number of anilines is 1. The van der Waals surface area contributed by atoms with Crippen molar-refractivity contribution in [2.75, 3.05) is 4.90 Å². The normalized spacial score (nSPS) is 17.7. The van der Waals surface area contributed by atoms with Gasteiger partial charge in [-0.3, -0.25) is 9.59 Å². The third-order valence-corrected chi connectivity index (χ3v) is 3.52. The van der Waals surface area contributed by atoms with E-state index in [1.54, 1.807) is 33.8 Å². The van der Waals surface area contributed by atoms with E-state index in [0.29, 0.717) is 5.56 Å². The summed E-state index contributed by atoms with van der Waals surface area (Å²) in [6, 6.07) is 3.25. The first-order chi connectivity index (χ1) is 9.15. The third kappa shape index (κ3) is 2.09. The van der Waals surface area contributed by atoms with Crippen LogP contribution in [0.5, 0.6) is 0 Å². The van der Waals surface area contributed by atoms with E-state index in [1.807, 2.05) is 0 Å². The number of carbonyl (C=O) groups is 3. The van der Waals surface area contributed by atoms with Crippen molar-refractivity contribution < 1.29 is 19.5 Å². The number of imide groups is 1. The van der Waals surface area contributed by atoms with Crippen LogP contribution in [-0.2, 0) is 9.59 Å². The van der Waals surface area contributed by atoms with Gasteiger partial charge in [-0.05, 0) is 31.0 Å². The summed E-state index contributed by atoms with van der Waals surface area (Å²) in [6.45, 7) is 6.87. The quantitative estimate of drug-likeness (QED) is 0.840. The van der Waals surface area contributed by atoms with E-state index in [2.05, 4.69) is 0 Å². The van der Waals surface area contributed by atoms with Gasteiger partial charge >= 0.3 is 5.97 Å². The van der Waals surface area contributed by atoms with Crippen molar-refractivity contribution in [3.8, 4) is 0 Å². The Labute approximate surface area is 117 Å². The first kappa shape index (κ1) is 14.2. The molecule has 0 aromatic heterocycles. The number of aromatic carboxylic acids is 1. The summed E-state index contributed by atoms with van der Waals surface area (Å²) in [5.41, 5.74) is 0.791. The second-order valence-electron chi connectivity index (χ2n) is 5.88. The molecule has 106 valence electrons. The molecule has 0 aliphatic carbocycles. The van der Waals surface area contributed by atoms with Gasteiger partial charge in [0.15, 0.2) is 0 Å². The molecule has 0 unspecified atom stereocenters. The van der Waals surface area contributed by atoms with Crippen molar-refractivity contribution in [3.63, 3.8) is 0 Å². The molecule has 1 aliphatic rings. The molecule has 1 N–H and O–H groups in total. The van der Waals surface area contributed by atoms with Crippen LogP contribution in [-0.4, -0.2) is 22.9 Å². The van der Waals surface area contributed by atoms with Gasteiger partial charge in [-0.2, -0.15) is 0 Å². The van der Waals surface area contributed by atoms with Gasteiger partial charge in [0.25, 0.3) is 0 Å². The van der Waals surface area contributed by atoms with Crippen molar-refractivity contribution >= 4 is 23.5 Å². The van der Waals surface area contributed by atoms with Gasteiger partial charge in [0.1, 0.15) is 0 Å². The summed E-state index contributed by atoms with van der Waals surface area (Å²) in [4.78, 5) is 36.9. The molecule has 1 saturated heterocycles. The van der Waals surface area contributed by atoms with Crippen LogP contribution in [0.25, 0.3) is 0 Å². The topological polar surface area (TPSA) is 74.7 Å². The zero-order chi connectivity index (χ0) is 15.2. The number of rotatable bonds is 2. The Morgan fingerprint density at radius 1 is 1.25 bits per heavy atom. The maximum absolute atomic E-state index is 12.4. The highest BCUT2D eigenvalue weighted by Gasteiger charge is 2.46. The van der Waals surface area contributed by atoms with E-state index in [0.717, 1.165) is 10.5 Å². The minimum Gasteiger partial charge on any atom is -0.478 e. The first-order valence-corrected chi connectivity index (χ1v) is 6.37. The fraction of sp³-hybridized carbons (Fsp3) is 0.400. The number of benzene rings is 1. The van der Waals surface area contributed by atoms with Gasteiger partial charge < -0.3 is 5.11 Å².